The fourth-order valence-corrected chi connectivity index (χ4v) is 5.25. The Labute approximate surface area is 182 Å². The maximum absolute atomic E-state index is 12.1. The third-order valence-corrected chi connectivity index (χ3v) is 6.99. The molecule has 2 aromatic carbocycles. The molecule has 2 atom stereocenters. The van der Waals surface area contributed by atoms with Crippen LogP contribution in [0, 0.1) is 5.92 Å². The molecule has 2 unspecified atom stereocenters. The lowest BCUT2D eigenvalue weighted by Crippen LogP contribution is -2.53. The molecule has 2 fully saturated rings. The zero-order chi connectivity index (χ0) is 21.4. The lowest BCUT2D eigenvalue weighted by molar-refractivity contribution is -0.140. The number of likely N-dealkylation sites (tertiary alicyclic amines) is 1. The van der Waals surface area contributed by atoms with Gasteiger partial charge in [-0.2, -0.15) is 0 Å². The SMILES string of the molecule is CC(=O)NC1(c2ccccc2)CCN(CC2CC2(C(=O)O)c2cccc(Cl)c2)CC1. The molecule has 1 aliphatic carbocycles. The molecule has 2 N–H and O–H groups in total. The molecule has 4 rings (SSSR count). The molecule has 0 bridgehead atoms. The van der Waals surface area contributed by atoms with Crippen LogP contribution in [0.5, 0.6) is 0 Å². The van der Waals surface area contributed by atoms with E-state index in [0.717, 1.165) is 43.6 Å². The Balaban J connectivity index is 1.46. The molecule has 30 heavy (non-hydrogen) atoms. The Morgan fingerprint density at radius 2 is 1.77 bits per heavy atom. The minimum atomic E-state index is -0.837. The number of halogens is 1. The van der Waals surface area contributed by atoms with Gasteiger partial charge in [-0.1, -0.05) is 54.1 Å². The molecule has 0 spiro atoms. The molecule has 1 saturated carbocycles. The Morgan fingerprint density at radius 3 is 2.37 bits per heavy atom. The maximum atomic E-state index is 12.1. The number of hydrogen-bond acceptors (Lipinski definition) is 3. The van der Waals surface area contributed by atoms with E-state index in [1.54, 1.807) is 19.1 Å². The highest BCUT2D eigenvalue weighted by atomic mass is 35.5. The lowest BCUT2D eigenvalue weighted by Gasteiger charge is -2.43. The van der Waals surface area contributed by atoms with Gasteiger partial charge in [0.15, 0.2) is 0 Å². The molecule has 6 heteroatoms. The number of carboxylic acids is 1. The smallest absolute Gasteiger partial charge is 0.314 e. The summed E-state index contributed by atoms with van der Waals surface area (Å²) < 4.78 is 0. The molecule has 158 valence electrons. The summed E-state index contributed by atoms with van der Waals surface area (Å²) in [5, 5.41) is 13.7. The van der Waals surface area contributed by atoms with Gasteiger partial charge >= 0.3 is 5.97 Å². The van der Waals surface area contributed by atoms with Crippen LogP contribution in [-0.4, -0.2) is 41.5 Å². The van der Waals surface area contributed by atoms with Gasteiger partial charge in [0.25, 0.3) is 0 Å². The van der Waals surface area contributed by atoms with Gasteiger partial charge < -0.3 is 15.3 Å². The van der Waals surface area contributed by atoms with Crippen LogP contribution in [0.1, 0.15) is 37.3 Å². The fraction of sp³-hybridized carbons (Fsp3) is 0.417. The number of amides is 1. The highest BCUT2D eigenvalue weighted by Crippen LogP contribution is 2.55. The van der Waals surface area contributed by atoms with Gasteiger partial charge in [0.2, 0.25) is 5.91 Å². The van der Waals surface area contributed by atoms with E-state index in [0.29, 0.717) is 11.4 Å². The van der Waals surface area contributed by atoms with Gasteiger partial charge in [0, 0.05) is 31.6 Å². The van der Waals surface area contributed by atoms with E-state index < -0.39 is 11.4 Å². The van der Waals surface area contributed by atoms with Gasteiger partial charge in [0.1, 0.15) is 0 Å². The first kappa shape index (κ1) is 20.9. The normalized spacial score (nSPS) is 25.5. The van der Waals surface area contributed by atoms with Crippen molar-refractivity contribution in [3.8, 4) is 0 Å². The molecule has 2 aliphatic rings. The fourth-order valence-electron chi connectivity index (χ4n) is 5.06. The van der Waals surface area contributed by atoms with Crippen LogP contribution in [0.15, 0.2) is 54.6 Å². The summed E-state index contributed by atoms with van der Waals surface area (Å²) in [4.78, 5) is 26.4. The highest BCUT2D eigenvalue weighted by Gasteiger charge is 2.61. The van der Waals surface area contributed by atoms with Crippen molar-refractivity contribution in [1.29, 1.82) is 0 Å². The molecule has 1 amide bonds. The van der Waals surface area contributed by atoms with Crippen molar-refractivity contribution in [2.24, 2.45) is 5.92 Å². The van der Waals surface area contributed by atoms with Crippen LogP contribution in [0.4, 0.5) is 0 Å². The molecular formula is C24H27ClN2O3. The van der Waals surface area contributed by atoms with Gasteiger partial charge in [0.05, 0.1) is 11.0 Å². The molecule has 2 aromatic rings. The van der Waals surface area contributed by atoms with Gasteiger partial charge in [-0.05, 0) is 48.4 Å². The first-order valence-electron chi connectivity index (χ1n) is 10.4. The third kappa shape index (κ3) is 3.84. The van der Waals surface area contributed by atoms with E-state index in [1.807, 2.05) is 30.3 Å². The van der Waals surface area contributed by atoms with Crippen molar-refractivity contribution in [2.75, 3.05) is 19.6 Å². The zero-order valence-corrected chi connectivity index (χ0v) is 17.9. The van der Waals surface area contributed by atoms with E-state index in [1.165, 1.54) is 0 Å². The summed E-state index contributed by atoms with van der Waals surface area (Å²) in [6.45, 7) is 3.94. The summed E-state index contributed by atoms with van der Waals surface area (Å²) in [6, 6.07) is 17.4. The summed E-state index contributed by atoms with van der Waals surface area (Å²) in [6.07, 6.45) is 2.25. The van der Waals surface area contributed by atoms with Crippen LogP contribution in [0.25, 0.3) is 0 Å². The summed E-state index contributed by atoms with van der Waals surface area (Å²) in [7, 11) is 0. The average Bonchev–Trinajstić information content (AvgIpc) is 3.45. The highest BCUT2D eigenvalue weighted by molar-refractivity contribution is 6.30. The van der Waals surface area contributed by atoms with Crippen LogP contribution in [0.3, 0.4) is 0 Å². The van der Waals surface area contributed by atoms with Gasteiger partial charge in [-0.25, -0.2) is 0 Å². The number of rotatable bonds is 6. The number of piperidine rings is 1. The summed E-state index contributed by atoms with van der Waals surface area (Å²) >= 11 is 6.12. The van der Waals surface area contributed by atoms with Crippen molar-refractivity contribution in [2.45, 2.75) is 37.1 Å². The standard InChI is InChI=1S/C24H27ClN2O3/c1-17(28)26-23(18-6-3-2-4-7-18)10-12-27(13-11-23)16-20-15-24(20,22(29)30)19-8-5-9-21(25)14-19/h2-9,14,20H,10-13,15-16H2,1H3,(H,26,28)(H,29,30). The Morgan fingerprint density at radius 1 is 1.10 bits per heavy atom. The average molecular weight is 427 g/mol. The second kappa shape index (κ2) is 8.05. The van der Waals surface area contributed by atoms with Crippen LogP contribution in [0.2, 0.25) is 5.02 Å². The number of benzene rings is 2. The lowest BCUT2D eigenvalue weighted by atomic mass is 9.80. The molecule has 5 nitrogen and oxygen atoms in total. The van der Waals surface area contributed by atoms with Gasteiger partial charge in [-0.3, -0.25) is 9.59 Å². The number of carbonyl (C=O) groups is 2. The van der Waals surface area contributed by atoms with Gasteiger partial charge in [-0.15, -0.1) is 0 Å². The second-order valence-electron chi connectivity index (χ2n) is 8.62. The predicted molar refractivity (Wildman–Crippen MR) is 116 cm³/mol. The van der Waals surface area contributed by atoms with Crippen molar-refractivity contribution in [1.82, 2.24) is 10.2 Å². The quantitative estimate of drug-likeness (QED) is 0.736. The molecular weight excluding hydrogens is 400 g/mol. The van der Waals surface area contributed by atoms with Crippen molar-refractivity contribution in [3.05, 3.63) is 70.7 Å². The molecule has 1 heterocycles. The van der Waals surface area contributed by atoms with Crippen molar-refractivity contribution >= 4 is 23.5 Å². The Kier molecular flexibility index (Phi) is 5.60. The Hall–Kier alpha value is -2.37. The van der Waals surface area contributed by atoms with E-state index in [4.69, 9.17) is 11.6 Å². The van der Waals surface area contributed by atoms with E-state index in [9.17, 15) is 14.7 Å². The monoisotopic (exact) mass is 426 g/mol. The number of aliphatic carboxylic acids is 1. The van der Waals surface area contributed by atoms with Crippen molar-refractivity contribution < 1.29 is 14.7 Å². The third-order valence-electron chi connectivity index (χ3n) is 6.76. The summed E-state index contributed by atoms with van der Waals surface area (Å²) in [5.74, 6) is -0.734. The number of hydrogen-bond donors (Lipinski definition) is 2. The minimum absolute atomic E-state index is 0.0275. The number of carbonyl (C=O) groups excluding carboxylic acids is 1. The molecule has 0 radical (unpaired) electrons. The van der Waals surface area contributed by atoms with Crippen LogP contribution >= 0.6 is 11.6 Å². The predicted octanol–water partition coefficient (Wildman–Crippen LogP) is 3.81. The number of nitrogens with zero attached hydrogens (tertiary/aromatic N) is 1. The number of carboxylic acid groups (broad SMARTS) is 1. The number of nitrogens with one attached hydrogen (secondary N) is 1. The second-order valence-corrected chi connectivity index (χ2v) is 9.05. The summed E-state index contributed by atoms with van der Waals surface area (Å²) in [5.41, 5.74) is 0.729. The van der Waals surface area contributed by atoms with Crippen LogP contribution < -0.4 is 5.32 Å². The molecule has 1 saturated heterocycles. The Bertz CT molecular complexity index is 940. The minimum Gasteiger partial charge on any atom is -0.481 e. The van der Waals surface area contributed by atoms with Crippen LogP contribution in [-0.2, 0) is 20.5 Å². The first-order chi connectivity index (χ1) is 14.4. The zero-order valence-electron chi connectivity index (χ0n) is 17.1. The molecule has 1 aliphatic heterocycles. The maximum Gasteiger partial charge on any atom is 0.314 e. The van der Waals surface area contributed by atoms with Crippen molar-refractivity contribution in [3.63, 3.8) is 0 Å². The largest absolute Gasteiger partial charge is 0.481 e. The topological polar surface area (TPSA) is 69.6 Å². The molecule has 0 aromatic heterocycles. The van der Waals surface area contributed by atoms with E-state index >= 15 is 0 Å². The first-order valence-corrected chi connectivity index (χ1v) is 10.8. The van der Waals surface area contributed by atoms with E-state index in [-0.39, 0.29) is 17.4 Å². The van der Waals surface area contributed by atoms with E-state index in [2.05, 4.69) is 22.3 Å².